The molecule has 0 aliphatic heterocycles. The maximum absolute atomic E-state index is 10.8. The van der Waals surface area contributed by atoms with Gasteiger partial charge in [-0.1, -0.05) is 18.2 Å². The zero-order valence-corrected chi connectivity index (χ0v) is 10.7. The number of benzene rings is 1. The summed E-state index contributed by atoms with van der Waals surface area (Å²) >= 11 is 3.45. The molecule has 0 radical (unpaired) electrons. The Morgan fingerprint density at radius 2 is 2.22 bits per heavy atom. The van der Waals surface area contributed by atoms with Crippen LogP contribution in [0, 0.1) is 0 Å². The first-order valence-electron chi connectivity index (χ1n) is 5.21. The predicted molar refractivity (Wildman–Crippen MR) is 70.5 cm³/mol. The van der Waals surface area contributed by atoms with Gasteiger partial charge in [0.25, 0.3) is 0 Å². The van der Waals surface area contributed by atoms with Gasteiger partial charge >= 0.3 is 5.97 Å². The molecule has 0 amide bonds. The average Bonchev–Trinajstić information content (AvgIpc) is 2.97. The van der Waals surface area contributed by atoms with Crippen LogP contribution >= 0.6 is 15.9 Å². The largest absolute Gasteiger partial charge is 0.477 e. The smallest absolute Gasteiger partial charge is 0.353 e. The molecule has 0 aliphatic carbocycles. The SMILES string of the molecule is O=C(O)c1cc(-c2cccc3c(Br)c[nH]c23)n[nH]1. The summed E-state index contributed by atoms with van der Waals surface area (Å²) in [5, 5.41) is 16.4. The molecule has 0 spiro atoms. The van der Waals surface area contributed by atoms with Gasteiger partial charge in [-0.3, -0.25) is 5.10 Å². The predicted octanol–water partition coefficient (Wildman–Crippen LogP) is 3.02. The molecular formula is C12H8BrN3O2. The molecule has 0 saturated carbocycles. The van der Waals surface area contributed by atoms with Crippen LogP contribution in [0.25, 0.3) is 22.2 Å². The van der Waals surface area contributed by atoms with E-state index in [1.54, 1.807) is 0 Å². The number of halogens is 1. The van der Waals surface area contributed by atoms with E-state index in [1.165, 1.54) is 6.07 Å². The number of hydrogen-bond acceptors (Lipinski definition) is 2. The highest BCUT2D eigenvalue weighted by Crippen LogP contribution is 2.31. The van der Waals surface area contributed by atoms with Crippen molar-refractivity contribution in [1.29, 1.82) is 0 Å². The van der Waals surface area contributed by atoms with E-state index in [2.05, 4.69) is 31.1 Å². The molecular weight excluding hydrogens is 298 g/mol. The van der Waals surface area contributed by atoms with Crippen LogP contribution in [-0.4, -0.2) is 26.3 Å². The number of nitrogens with one attached hydrogen (secondary N) is 2. The molecule has 0 saturated heterocycles. The lowest BCUT2D eigenvalue weighted by molar-refractivity contribution is 0.0690. The zero-order valence-electron chi connectivity index (χ0n) is 9.07. The van der Waals surface area contributed by atoms with Gasteiger partial charge in [0.1, 0.15) is 5.69 Å². The van der Waals surface area contributed by atoms with Crippen molar-refractivity contribution in [3.8, 4) is 11.3 Å². The molecule has 3 aromatic rings. The molecule has 18 heavy (non-hydrogen) atoms. The summed E-state index contributed by atoms with van der Waals surface area (Å²) < 4.78 is 0.966. The van der Waals surface area contributed by atoms with Crippen molar-refractivity contribution in [3.63, 3.8) is 0 Å². The van der Waals surface area contributed by atoms with Crippen LogP contribution < -0.4 is 0 Å². The van der Waals surface area contributed by atoms with Gasteiger partial charge in [-0.25, -0.2) is 4.79 Å². The summed E-state index contributed by atoms with van der Waals surface area (Å²) in [6.45, 7) is 0. The monoisotopic (exact) mass is 305 g/mol. The lowest BCUT2D eigenvalue weighted by Gasteiger charge is -1.98. The Kier molecular flexibility index (Phi) is 2.45. The number of aromatic carboxylic acids is 1. The van der Waals surface area contributed by atoms with Gasteiger partial charge in [0.2, 0.25) is 0 Å². The fourth-order valence-electron chi connectivity index (χ4n) is 1.90. The molecule has 6 heteroatoms. The summed E-state index contributed by atoms with van der Waals surface area (Å²) in [6.07, 6.45) is 1.85. The minimum atomic E-state index is -1.02. The third kappa shape index (κ3) is 1.62. The number of rotatable bonds is 2. The molecule has 0 atom stereocenters. The van der Waals surface area contributed by atoms with Crippen molar-refractivity contribution in [3.05, 3.63) is 40.6 Å². The van der Waals surface area contributed by atoms with Gasteiger partial charge in [0.05, 0.1) is 11.2 Å². The van der Waals surface area contributed by atoms with Crippen molar-refractivity contribution in [2.24, 2.45) is 0 Å². The van der Waals surface area contributed by atoms with E-state index in [0.29, 0.717) is 5.69 Å². The summed E-state index contributed by atoms with van der Waals surface area (Å²) in [6, 6.07) is 7.30. The van der Waals surface area contributed by atoms with E-state index in [9.17, 15) is 4.79 Å². The average molecular weight is 306 g/mol. The standard InChI is InChI=1S/C12H8BrN3O2/c13-8-5-14-11-6(8)2-1-3-7(11)9-4-10(12(17)18)16-15-9/h1-5,14H,(H,15,16)(H,17,18). The second-order valence-electron chi connectivity index (χ2n) is 3.84. The van der Waals surface area contributed by atoms with E-state index in [-0.39, 0.29) is 5.69 Å². The molecule has 1 aromatic carbocycles. The lowest BCUT2D eigenvalue weighted by atomic mass is 10.1. The molecule has 90 valence electrons. The Morgan fingerprint density at radius 3 is 2.94 bits per heavy atom. The molecule has 3 rings (SSSR count). The third-order valence-electron chi connectivity index (χ3n) is 2.75. The molecule has 0 bridgehead atoms. The van der Waals surface area contributed by atoms with Crippen LogP contribution in [0.5, 0.6) is 0 Å². The number of carboxylic acid groups (broad SMARTS) is 1. The van der Waals surface area contributed by atoms with Crippen LogP contribution in [0.15, 0.2) is 34.9 Å². The highest BCUT2D eigenvalue weighted by molar-refractivity contribution is 9.10. The number of aromatic amines is 2. The van der Waals surface area contributed by atoms with Gasteiger partial charge < -0.3 is 10.1 Å². The van der Waals surface area contributed by atoms with Crippen molar-refractivity contribution < 1.29 is 9.90 Å². The van der Waals surface area contributed by atoms with Gasteiger partial charge in [0.15, 0.2) is 0 Å². The molecule has 0 unspecified atom stereocenters. The first-order chi connectivity index (χ1) is 8.66. The van der Waals surface area contributed by atoms with E-state index in [4.69, 9.17) is 5.11 Å². The summed E-state index contributed by atoms with van der Waals surface area (Å²) in [4.78, 5) is 14.0. The lowest BCUT2D eigenvalue weighted by Crippen LogP contribution is -1.95. The van der Waals surface area contributed by atoms with E-state index < -0.39 is 5.97 Å². The van der Waals surface area contributed by atoms with Crippen LogP contribution in [0.1, 0.15) is 10.5 Å². The number of H-pyrrole nitrogens is 2. The van der Waals surface area contributed by atoms with Gasteiger partial charge in [-0.15, -0.1) is 0 Å². The highest BCUT2D eigenvalue weighted by atomic mass is 79.9. The molecule has 2 heterocycles. The second-order valence-corrected chi connectivity index (χ2v) is 4.69. The van der Waals surface area contributed by atoms with E-state index in [0.717, 1.165) is 20.9 Å². The maximum atomic E-state index is 10.8. The second kappa shape index (κ2) is 3.99. The van der Waals surface area contributed by atoms with E-state index >= 15 is 0 Å². The molecule has 5 nitrogen and oxygen atoms in total. The normalized spacial score (nSPS) is 10.9. The van der Waals surface area contributed by atoms with Crippen LogP contribution in [0.4, 0.5) is 0 Å². The number of fused-ring (bicyclic) bond motifs is 1. The van der Waals surface area contributed by atoms with Crippen LogP contribution in [0.2, 0.25) is 0 Å². The maximum Gasteiger partial charge on any atom is 0.353 e. The Hall–Kier alpha value is -2.08. The van der Waals surface area contributed by atoms with E-state index in [1.807, 2.05) is 24.4 Å². The molecule has 0 aliphatic rings. The number of carboxylic acids is 1. The summed E-state index contributed by atoms with van der Waals surface area (Å²) in [7, 11) is 0. The Balaban J connectivity index is 2.21. The third-order valence-corrected chi connectivity index (χ3v) is 3.41. The first kappa shape index (κ1) is 11.0. The van der Waals surface area contributed by atoms with Crippen molar-refractivity contribution in [2.45, 2.75) is 0 Å². The molecule has 0 fully saturated rings. The Morgan fingerprint density at radius 1 is 1.39 bits per heavy atom. The van der Waals surface area contributed by atoms with Gasteiger partial charge in [-0.05, 0) is 22.0 Å². The zero-order chi connectivity index (χ0) is 12.7. The number of nitrogens with zero attached hydrogens (tertiary/aromatic N) is 1. The van der Waals surface area contributed by atoms with Crippen molar-refractivity contribution in [1.82, 2.24) is 15.2 Å². The number of carbonyl (C=O) groups is 1. The fraction of sp³-hybridized carbons (Fsp3) is 0. The number of para-hydroxylation sites is 1. The van der Waals surface area contributed by atoms with Crippen molar-refractivity contribution >= 4 is 32.8 Å². The van der Waals surface area contributed by atoms with Gasteiger partial charge in [-0.2, -0.15) is 5.10 Å². The topological polar surface area (TPSA) is 81.8 Å². The number of hydrogen-bond donors (Lipinski definition) is 3. The molecule has 3 N–H and O–H groups in total. The number of aromatic nitrogens is 3. The fourth-order valence-corrected chi connectivity index (χ4v) is 2.35. The molecule has 2 aromatic heterocycles. The summed E-state index contributed by atoms with van der Waals surface area (Å²) in [5.41, 5.74) is 2.47. The summed E-state index contributed by atoms with van der Waals surface area (Å²) in [5.74, 6) is -1.02. The first-order valence-corrected chi connectivity index (χ1v) is 6.01. The Labute approximate surface area is 110 Å². The van der Waals surface area contributed by atoms with Crippen molar-refractivity contribution in [2.75, 3.05) is 0 Å². The van der Waals surface area contributed by atoms with Gasteiger partial charge in [0, 0.05) is 21.6 Å². The van der Waals surface area contributed by atoms with Crippen LogP contribution in [0.3, 0.4) is 0 Å². The van der Waals surface area contributed by atoms with Crippen LogP contribution in [-0.2, 0) is 0 Å². The Bertz CT molecular complexity index is 745. The minimum Gasteiger partial charge on any atom is -0.477 e. The quantitative estimate of drug-likeness (QED) is 0.680. The highest BCUT2D eigenvalue weighted by Gasteiger charge is 2.12. The minimum absolute atomic E-state index is 0.0765.